The fraction of sp³-hybridized carbons (Fsp3) is 0.0556. The zero-order chi connectivity index (χ0) is 17.3. The van der Waals surface area contributed by atoms with Crippen molar-refractivity contribution in [3.05, 3.63) is 67.9 Å². The van der Waals surface area contributed by atoms with E-state index < -0.39 is 0 Å². The average molecular weight is 442 g/mol. The average Bonchev–Trinajstić information content (AvgIpc) is 3.00. The summed E-state index contributed by atoms with van der Waals surface area (Å²) < 4.78 is 5.84. The minimum Gasteiger partial charge on any atom is -0.465 e. The highest BCUT2D eigenvalue weighted by atomic mass is 79.9. The summed E-state index contributed by atoms with van der Waals surface area (Å²) in [6, 6.07) is 15.1. The second-order valence-corrected chi connectivity index (χ2v) is 7.79. The Morgan fingerprint density at radius 1 is 1.04 bits per heavy atom. The van der Waals surface area contributed by atoms with Gasteiger partial charge in [-0.15, -0.1) is 11.3 Å². The number of benzene rings is 2. The molecule has 0 saturated carbocycles. The fourth-order valence-electron chi connectivity index (χ4n) is 2.31. The van der Waals surface area contributed by atoms with Crippen molar-refractivity contribution in [3.8, 4) is 21.6 Å². The molecule has 0 aliphatic heterocycles. The van der Waals surface area contributed by atoms with Crippen LogP contribution < -0.4 is 0 Å². The van der Waals surface area contributed by atoms with Crippen LogP contribution in [0.3, 0.4) is 0 Å². The second kappa shape index (κ2) is 7.28. The molecule has 0 unspecified atom stereocenters. The number of methoxy groups -OCH3 is 1. The van der Waals surface area contributed by atoms with Crippen LogP contribution in [0.25, 0.3) is 21.6 Å². The van der Waals surface area contributed by atoms with Crippen LogP contribution in [0, 0.1) is 0 Å². The molecule has 0 atom stereocenters. The number of esters is 1. The molecule has 2 nitrogen and oxygen atoms in total. The van der Waals surface area contributed by atoms with Gasteiger partial charge in [0.05, 0.1) is 12.1 Å². The third-order valence-corrected chi connectivity index (χ3v) is 5.67. The van der Waals surface area contributed by atoms with Crippen LogP contribution in [0.5, 0.6) is 0 Å². The highest BCUT2D eigenvalue weighted by Gasteiger charge is 2.19. The predicted octanol–water partition coefficient (Wildman–Crippen LogP) is 6.94. The molecule has 0 aliphatic carbocycles. The van der Waals surface area contributed by atoms with Crippen molar-refractivity contribution >= 4 is 56.4 Å². The maximum atomic E-state index is 12.0. The van der Waals surface area contributed by atoms with Crippen molar-refractivity contribution < 1.29 is 9.53 Å². The fourth-order valence-corrected chi connectivity index (χ4v) is 4.27. The number of hydrogen-bond donors (Lipinski definition) is 0. The maximum absolute atomic E-state index is 12.0. The van der Waals surface area contributed by atoms with Gasteiger partial charge in [-0.1, -0.05) is 57.3 Å². The first-order valence-corrected chi connectivity index (χ1v) is 9.29. The molecule has 6 heteroatoms. The molecule has 0 radical (unpaired) electrons. The van der Waals surface area contributed by atoms with Gasteiger partial charge in [-0.05, 0) is 35.9 Å². The summed E-state index contributed by atoms with van der Waals surface area (Å²) >= 11 is 17.2. The summed E-state index contributed by atoms with van der Waals surface area (Å²) in [6.45, 7) is 0. The summed E-state index contributed by atoms with van der Waals surface area (Å²) in [4.78, 5) is 13.4. The number of carbonyl (C=O) groups is 1. The molecule has 1 aromatic heterocycles. The second-order valence-electron chi connectivity index (χ2n) is 4.98. The van der Waals surface area contributed by atoms with Gasteiger partial charge in [0.15, 0.2) is 0 Å². The third-order valence-electron chi connectivity index (χ3n) is 3.45. The minimum atomic E-state index is -0.366. The zero-order valence-corrected chi connectivity index (χ0v) is 16.4. The van der Waals surface area contributed by atoms with E-state index in [2.05, 4.69) is 15.9 Å². The molecule has 0 bridgehead atoms. The highest BCUT2D eigenvalue weighted by molar-refractivity contribution is 9.10. The number of halogens is 3. The standard InChI is InChI=1S/C18H11BrCl2O2S/c1-23-18(22)16-9-14(10-2-4-11(19)5-3-10)17(24-16)13-7-6-12(20)8-15(13)21/h2-9H,1H3. The molecule has 0 saturated heterocycles. The number of hydrogen-bond acceptors (Lipinski definition) is 3. The van der Waals surface area contributed by atoms with Gasteiger partial charge in [-0.3, -0.25) is 0 Å². The molecule has 2 aromatic carbocycles. The topological polar surface area (TPSA) is 26.3 Å². The molecule has 0 N–H and O–H groups in total. The number of rotatable bonds is 3. The maximum Gasteiger partial charge on any atom is 0.348 e. The van der Waals surface area contributed by atoms with E-state index >= 15 is 0 Å². The largest absolute Gasteiger partial charge is 0.465 e. The molecular weight excluding hydrogens is 431 g/mol. The number of thiophene rings is 1. The Bertz CT molecular complexity index is 904. The Balaban J connectivity index is 2.21. The van der Waals surface area contributed by atoms with E-state index in [0.717, 1.165) is 26.0 Å². The van der Waals surface area contributed by atoms with Gasteiger partial charge in [-0.25, -0.2) is 4.79 Å². The van der Waals surface area contributed by atoms with Gasteiger partial charge in [0.1, 0.15) is 4.88 Å². The monoisotopic (exact) mass is 440 g/mol. The zero-order valence-electron chi connectivity index (χ0n) is 12.5. The molecule has 24 heavy (non-hydrogen) atoms. The minimum absolute atomic E-state index is 0.366. The first kappa shape index (κ1) is 17.5. The Labute approximate surface area is 162 Å². The van der Waals surface area contributed by atoms with Crippen molar-refractivity contribution in [2.75, 3.05) is 7.11 Å². The molecule has 0 fully saturated rings. The van der Waals surface area contributed by atoms with Crippen LogP contribution in [-0.4, -0.2) is 13.1 Å². The molecule has 122 valence electrons. The number of carbonyl (C=O) groups excluding carboxylic acids is 1. The molecule has 3 rings (SSSR count). The Morgan fingerprint density at radius 2 is 1.75 bits per heavy atom. The van der Waals surface area contributed by atoms with Crippen molar-refractivity contribution in [1.29, 1.82) is 0 Å². The molecule has 0 amide bonds. The van der Waals surface area contributed by atoms with E-state index in [1.54, 1.807) is 12.1 Å². The van der Waals surface area contributed by atoms with Crippen LogP contribution in [-0.2, 0) is 4.74 Å². The summed E-state index contributed by atoms with van der Waals surface area (Å²) in [5, 5.41) is 1.11. The normalized spacial score (nSPS) is 10.7. The van der Waals surface area contributed by atoms with Gasteiger partial charge in [0, 0.05) is 25.5 Å². The van der Waals surface area contributed by atoms with Gasteiger partial charge < -0.3 is 4.74 Å². The van der Waals surface area contributed by atoms with E-state index in [1.807, 2.05) is 36.4 Å². The van der Waals surface area contributed by atoms with Crippen LogP contribution in [0.4, 0.5) is 0 Å². The highest BCUT2D eigenvalue weighted by Crippen LogP contribution is 2.43. The van der Waals surface area contributed by atoms with Gasteiger partial charge in [0.2, 0.25) is 0 Å². The molecule has 1 heterocycles. The quantitative estimate of drug-likeness (QED) is 0.411. The predicted molar refractivity (Wildman–Crippen MR) is 104 cm³/mol. The third kappa shape index (κ3) is 3.52. The van der Waals surface area contributed by atoms with Crippen molar-refractivity contribution in [1.82, 2.24) is 0 Å². The van der Waals surface area contributed by atoms with Crippen LogP contribution in [0.15, 0.2) is 53.0 Å². The van der Waals surface area contributed by atoms with Gasteiger partial charge in [0.25, 0.3) is 0 Å². The van der Waals surface area contributed by atoms with Crippen molar-refractivity contribution in [2.24, 2.45) is 0 Å². The van der Waals surface area contributed by atoms with Crippen LogP contribution in [0.2, 0.25) is 10.0 Å². The lowest BCUT2D eigenvalue weighted by molar-refractivity contribution is 0.0606. The summed E-state index contributed by atoms with van der Waals surface area (Å²) in [5.41, 5.74) is 2.75. The first-order chi connectivity index (χ1) is 11.5. The number of ether oxygens (including phenoxy) is 1. The van der Waals surface area contributed by atoms with E-state index in [4.69, 9.17) is 27.9 Å². The first-order valence-electron chi connectivity index (χ1n) is 6.93. The van der Waals surface area contributed by atoms with Gasteiger partial charge >= 0.3 is 5.97 Å². The lowest BCUT2D eigenvalue weighted by Crippen LogP contribution is -1.96. The van der Waals surface area contributed by atoms with E-state index in [9.17, 15) is 4.79 Å². The SMILES string of the molecule is COC(=O)c1cc(-c2ccc(Br)cc2)c(-c2ccc(Cl)cc2Cl)s1. The summed E-state index contributed by atoms with van der Waals surface area (Å²) in [7, 11) is 1.37. The van der Waals surface area contributed by atoms with Crippen molar-refractivity contribution in [3.63, 3.8) is 0 Å². The molecule has 3 aromatic rings. The molecule has 0 aliphatic rings. The van der Waals surface area contributed by atoms with E-state index in [-0.39, 0.29) is 5.97 Å². The van der Waals surface area contributed by atoms with Gasteiger partial charge in [-0.2, -0.15) is 0 Å². The van der Waals surface area contributed by atoms with Crippen LogP contribution >= 0.6 is 50.5 Å². The van der Waals surface area contributed by atoms with E-state index in [1.165, 1.54) is 18.4 Å². The Morgan fingerprint density at radius 3 is 2.38 bits per heavy atom. The lowest BCUT2D eigenvalue weighted by atomic mass is 10.0. The van der Waals surface area contributed by atoms with Crippen LogP contribution in [0.1, 0.15) is 9.67 Å². The molecular formula is C18H11BrCl2O2S. The Hall–Kier alpha value is -1.33. The summed E-state index contributed by atoms with van der Waals surface area (Å²) in [6.07, 6.45) is 0. The lowest BCUT2D eigenvalue weighted by Gasteiger charge is -2.07. The summed E-state index contributed by atoms with van der Waals surface area (Å²) in [5.74, 6) is -0.366. The Kier molecular flexibility index (Phi) is 5.30. The smallest absolute Gasteiger partial charge is 0.348 e. The molecule has 0 spiro atoms. The van der Waals surface area contributed by atoms with E-state index in [0.29, 0.717) is 14.9 Å². The van der Waals surface area contributed by atoms with Crippen molar-refractivity contribution in [2.45, 2.75) is 0 Å².